The maximum atomic E-state index is 12.5. The minimum Gasteiger partial charge on any atom is -0.496 e. The van der Waals surface area contributed by atoms with Crippen molar-refractivity contribution >= 4 is 28.6 Å². The second-order valence-electron chi connectivity index (χ2n) is 6.10. The summed E-state index contributed by atoms with van der Waals surface area (Å²) in [5.74, 6) is 0.378. The number of nitrogens with zero attached hydrogens (tertiary/aromatic N) is 1. The maximum Gasteiger partial charge on any atom is 0.283 e. The van der Waals surface area contributed by atoms with Crippen molar-refractivity contribution < 1.29 is 9.53 Å². The molecule has 1 amide bonds. The molecule has 0 bridgehead atoms. The summed E-state index contributed by atoms with van der Waals surface area (Å²) >= 11 is 1.35. The summed E-state index contributed by atoms with van der Waals surface area (Å²) < 4.78 is 5.37. The molecule has 5 nitrogen and oxygen atoms in total. The Kier molecular flexibility index (Phi) is 5.57. The highest BCUT2D eigenvalue weighted by Gasteiger charge is 2.15. The lowest BCUT2D eigenvalue weighted by Gasteiger charge is -2.09. The lowest BCUT2D eigenvalue weighted by atomic mass is 10.1. The van der Waals surface area contributed by atoms with Gasteiger partial charge in [0.15, 0.2) is 0 Å². The minimum atomic E-state index is -0.328. The Balaban J connectivity index is 1.81. The monoisotopic (exact) mass is 379 g/mol. The van der Waals surface area contributed by atoms with Gasteiger partial charge in [-0.25, -0.2) is 5.43 Å². The molecule has 0 aliphatic carbocycles. The number of hydrogen-bond donors (Lipinski definition) is 2. The number of benzene rings is 2. The van der Waals surface area contributed by atoms with Gasteiger partial charge in [0.05, 0.1) is 18.5 Å². The van der Waals surface area contributed by atoms with Gasteiger partial charge in [-0.1, -0.05) is 42.0 Å². The van der Waals surface area contributed by atoms with E-state index in [0.29, 0.717) is 22.0 Å². The molecule has 3 N–H and O–H groups in total. The fourth-order valence-corrected chi connectivity index (χ4v) is 3.65. The van der Waals surface area contributed by atoms with E-state index in [1.165, 1.54) is 11.3 Å². The van der Waals surface area contributed by atoms with Gasteiger partial charge >= 0.3 is 0 Å². The van der Waals surface area contributed by atoms with Crippen molar-refractivity contribution in [3.8, 4) is 16.2 Å². The molecule has 0 radical (unpaired) electrons. The van der Waals surface area contributed by atoms with E-state index >= 15 is 0 Å². The van der Waals surface area contributed by atoms with Crippen LogP contribution < -0.4 is 15.9 Å². The number of amides is 1. The molecule has 0 aliphatic rings. The number of aryl methyl sites for hydroxylation is 1. The Morgan fingerprint density at radius 3 is 2.59 bits per heavy atom. The van der Waals surface area contributed by atoms with Crippen molar-refractivity contribution in [2.75, 3.05) is 12.8 Å². The van der Waals surface area contributed by atoms with Gasteiger partial charge in [0.1, 0.15) is 10.6 Å². The molecule has 0 spiro atoms. The topological polar surface area (TPSA) is 76.7 Å². The summed E-state index contributed by atoms with van der Waals surface area (Å²) in [6.07, 6.45) is 0. The highest BCUT2D eigenvalue weighted by atomic mass is 32.1. The van der Waals surface area contributed by atoms with Gasteiger partial charge < -0.3 is 10.5 Å². The summed E-state index contributed by atoms with van der Waals surface area (Å²) in [4.78, 5) is 13.9. The molecule has 3 aromatic rings. The number of hydrogen-bond acceptors (Lipinski definition) is 5. The van der Waals surface area contributed by atoms with Crippen molar-refractivity contribution in [2.45, 2.75) is 13.8 Å². The molecule has 138 valence electrons. The van der Waals surface area contributed by atoms with Gasteiger partial charge in [0, 0.05) is 10.4 Å². The molecule has 27 heavy (non-hydrogen) atoms. The summed E-state index contributed by atoms with van der Waals surface area (Å²) in [5.41, 5.74) is 12.7. The van der Waals surface area contributed by atoms with Crippen LogP contribution in [0.25, 0.3) is 10.4 Å². The van der Waals surface area contributed by atoms with Crippen LogP contribution in [0.15, 0.2) is 59.7 Å². The first kappa shape index (κ1) is 18.7. The van der Waals surface area contributed by atoms with Crippen LogP contribution in [0.5, 0.6) is 5.75 Å². The number of anilines is 1. The summed E-state index contributed by atoms with van der Waals surface area (Å²) in [5, 5.41) is 4.23. The lowest BCUT2D eigenvalue weighted by molar-refractivity contribution is 0.0959. The molecule has 0 fully saturated rings. The molecule has 2 aromatic carbocycles. The molecule has 0 atom stereocenters. The molecule has 0 saturated heterocycles. The Morgan fingerprint density at radius 2 is 1.89 bits per heavy atom. The SMILES string of the molecule is COc1ccc(C)cc1/C(C)=N\NC(=O)c1sc(-c2ccccc2)cc1N. The first-order valence-corrected chi connectivity index (χ1v) is 9.25. The Bertz CT molecular complexity index is 994. The lowest BCUT2D eigenvalue weighted by Crippen LogP contribution is -2.19. The zero-order chi connectivity index (χ0) is 19.4. The van der Waals surface area contributed by atoms with E-state index in [0.717, 1.165) is 21.6 Å². The number of carbonyl (C=O) groups excluding carboxylic acids is 1. The second kappa shape index (κ2) is 8.05. The van der Waals surface area contributed by atoms with E-state index in [4.69, 9.17) is 10.5 Å². The van der Waals surface area contributed by atoms with Gasteiger partial charge in [-0.2, -0.15) is 5.10 Å². The maximum absolute atomic E-state index is 12.5. The first-order valence-electron chi connectivity index (χ1n) is 8.44. The van der Waals surface area contributed by atoms with E-state index in [2.05, 4.69) is 10.5 Å². The van der Waals surface area contributed by atoms with Crippen LogP contribution in [0.4, 0.5) is 5.69 Å². The highest BCUT2D eigenvalue weighted by molar-refractivity contribution is 7.18. The number of methoxy groups -OCH3 is 1. The number of thiophene rings is 1. The van der Waals surface area contributed by atoms with Crippen LogP contribution in [0.3, 0.4) is 0 Å². The number of nitrogens with one attached hydrogen (secondary N) is 1. The van der Waals surface area contributed by atoms with E-state index in [1.807, 2.05) is 68.4 Å². The van der Waals surface area contributed by atoms with Gasteiger partial charge in [0.25, 0.3) is 5.91 Å². The molecule has 6 heteroatoms. The van der Waals surface area contributed by atoms with Gasteiger partial charge in [0.2, 0.25) is 0 Å². The zero-order valence-corrected chi connectivity index (χ0v) is 16.3. The van der Waals surface area contributed by atoms with Gasteiger partial charge in [-0.3, -0.25) is 4.79 Å². The molecular formula is C21H21N3O2S. The van der Waals surface area contributed by atoms with Crippen molar-refractivity contribution in [1.82, 2.24) is 5.43 Å². The zero-order valence-electron chi connectivity index (χ0n) is 15.4. The third-order valence-corrected chi connectivity index (χ3v) is 5.29. The predicted molar refractivity (Wildman–Crippen MR) is 112 cm³/mol. The molecule has 0 saturated carbocycles. The number of nitrogen functional groups attached to an aromatic ring is 1. The quantitative estimate of drug-likeness (QED) is 0.507. The summed E-state index contributed by atoms with van der Waals surface area (Å²) in [7, 11) is 1.61. The average Bonchev–Trinajstić information content (AvgIpc) is 3.08. The van der Waals surface area contributed by atoms with Gasteiger partial charge in [-0.15, -0.1) is 11.3 Å². The number of nitrogens with two attached hydrogens (primary N) is 1. The number of ether oxygens (including phenoxy) is 1. The fraction of sp³-hybridized carbons (Fsp3) is 0.143. The van der Waals surface area contributed by atoms with E-state index in [1.54, 1.807) is 7.11 Å². The van der Waals surface area contributed by atoms with Crippen LogP contribution in [0, 0.1) is 6.92 Å². The molecule has 3 rings (SSSR count). The number of carbonyl (C=O) groups is 1. The summed E-state index contributed by atoms with van der Waals surface area (Å²) in [6.45, 7) is 3.82. The van der Waals surface area contributed by atoms with E-state index in [-0.39, 0.29) is 5.91 Å². The fourth-order valence-electron chi connectivity index (χ4n) is 2.68. The predicted octanol–water partition coefficient (Wildman–Crippen LogP) is 4.47. The molecule has 1 aromatic heterocycles. The smallest absolute Gasteiger partial charge is 0.283 e. The van der Waals surface area contributed by atoms with E-state index < -0.39 is 0 Å². The molecule has 0 aliphatic heterocycles. The van der Waals surface area contributed by atoms with Crippen molar-refractivity contribution in [2.24, 2.45) is 5.10 Å². The van der Waals surface area contributed by atoms with Crippen LogP contribution in [-0.2, 0) is 0 Å². The van der Waals surface area contributed by atoms with Crippen LogP contribution in [-0.4, -0.2) is 18.7 Å². The van der Waals surface area contributed by atoms with Crippen molar-refractivity contribution in [1.29, 1.82) is 0 Å². The second-order valence-corrected chi connectivity index (χ2v) is 7.16. The third kappa shape index (κ3) is 4.17. The third-order valence-electron chi connectivity index (χ3n) is 4.10. The molecule has 0 unspecified atom stereocenters. The molecular weight excluding hydrogens is 358 g/mol. The van der Waals surface area contributed by atoms with Crippen molar-refractivity contribution in [3.05, 3.63) is 70.6 Å². The highest BCUT2D eigenvalue weighted by Crippen LogP contribution is 2.33. The van der Waals surface area contributed by atoms with Crippen LogP contribution in [0.1, 0.15) is 27.7 Å². The normalized spacial score (nSPS) is 11.3. The largest absolute Gasteiger partial charge is 0.496 e. The van der Waals surface area contributed by atoms with Crippen molar-refractivity contribution in [3.63, 3.8) is 0 Å². The Hall–Kier alpha value is -3.12. The Morgan fingerprint density at radius 1 is 1.15 bits per heavy atom. The number of rotatable bonds is 5. The average molecular weight is 379 g/mol. The van der Waals surface area contributed by atoms with E-state index in [9.17, 15) is 4.79 Å². The summed E-state index contributed by atoms with van der Waals surface area (Å²) in [6, 6.07) is 17.5. The van der Waals surface area contributed by atoms with Crippen LogP contribution in [0.2, 0.25) is 0 Å². The molecule has 1 heterocycles. The van der Waals surface area contributed by atoms with Gasteiger partial charge in [-0.05, 0) is 37.6 Å². The first-order chi connectivity index (χ1) is 13.0. The Labute approximate surface area is 162 Å². The number of hydrazone groups is 1. The minimum absolute atomic E-state index is 0.328. The van der Waals surface area contributed by atoms with Crippen LogP contribution >= 0.6 is 11.3 Å². The standard InChI is InChI=1S/C21H21N3O2S/c1-13-9-10-18(26-3)16(11-13)14(2)23-24-21(25)20-17(22)12-19(27-20)15-7-5-4-6-8-15/h4-12H,22H2,1-3H3,(H,24,25)/b23-14-.